The third-order valence-corrected chi connectivity index (χ3v) is 13.6. The monoisotopic (exact) mass is 885 g/mol. The van der Waals surface area contributed by atoms with Crippen molar-refractivity contribution < 1.29 is 0 Å². The zero-order valence-electron chi connectivity index (χ0n) is 38.5. The van der Waals surface area contributed by atoms with Gasteiger partial charge in [-0.05, 0) is 138 Å². The fourth-order valence-corrected chi connectivity index (χ4v) is 10.4. The quantitative estimate of drug-likeness (QED) is 0.128. The Labute approximate surface area is 405 Å². The molecule has 1 aromatic heterocycles. The topological polar surface area (TPSA) is 11.4 Å². The molecule has 1 heterocycles. The molecule has 0 aliphatic heterocycles. The Morgan fingerprint density at radius 1 is 0.362 bits per heavy atom. The van der Waals surface area contributed by atoms with Crippen LogP contribution < -0.4 is 9.80 Å². The predicted molar refractivity (Wildman–Crippen MR) is 294 cm³/mol. The average Bonchev–Trinajstić information content (AvgIpc) is 3.76. The standard InChI is InChI=1S/C66H51N3/c1-6-22-50(23-7-1)59-32-16-19-35-63(59)67(54-26-10-3-11-27-54)57-44-53(45-58(47-57)68(55-28-12-4-13-29-55)64-36-20-17-33-60(64)51-24-8-2-9-25-51)49-40-38-48(39-41-49)52-42-43-66-62(46-52)61-34-18-21-37-65(61)69(66)56-30-14-5-15-31-56/h1-4,6-8,10-14,16-24,26-47H,5,9,15,25H2. The minimum atomic E-state index is 0.996. The number of allylic oxidation sites excluding steroid dienone is 8. The van der Waals surface area contributed by atoms with E-state index in [2.05, 4.69) is 275 Å². The third-order valence-electron chi connectivity index (χ3n) is 13.6. The van der Waals surface area contributed by atoms with Gasteiger partial charge < -0.3 is 14.4 Å². The van der Waals surface area contributed by atoms with E-state index in [4.69, 9.17) is 0 Å². The van der Waals surface area contributed by atoms with Crippen LogP contribution in [0, 0.1) is 0 Å². The summed E-state index contributed by atoms with van der Waals surface area (Å²) in [5, 5.41) is 2.54. The van der Waals surface area contributed by atoms with E-state index in [-0.39, 0.29) is 0 Å². The van der Waals surface area contributed by atoms with Crippen molar-refractivity contribution in [2.75, 3.05) is 9.80 Å². The summed E-state index contributed by atoms with van der Waals surface area (Å²) in [5.41, 5.74) is 19.8. The van der Waals surface area contributed by atoms with Gasteiger partial charge in [0.05, 0.1) is 22.4 Å². The SMILES string of the molecule is C1=CCCC(c2ccccc2N(c2ccccc2)c2cc(-c3ccc(-c4ccc5c(c4)c4ccccc4n5C4=CCCC=C4)cc3)cc(N(c3ccccc3)c3ccccc3-c3ccccc3)c2)=C1. The van der Waals surface area contributed by atoms with Crippen LogP contribution in [-0.2, 0) is 0 Å². The molecule has 0 bridgehead atoms. The maximum absolute atomic E-state index is 2.45. The van der Waals surface area contributed by atoms with Crippen LogP contribution in [0.25, 0.3) is 66.5 Å². The zero-order valence-corrected chi connectivity index (χ0v) is 38.5. The van der Waals surface area contributed by atoms with Crippen molar-refractivity contribution in [1.82, 2.24) is 4.57 Å². The van der Waals surface area contributed by atoms with Gasteiger partial charge in [0.25, 0.3) is 0 Å². The molecule has 2 aliphatic carbocycles. The van der Waals surface area contributed by atoms with Crippen molar-refractivity contribution in [3.05, 3.63) is 266 Å². The van der Waals surface area contributed by atoms with Crippen LogP contribution in [0.5, 0.6) is 0 Å². The molecule has 0 spiro atoms. The van der Waals surface area contributed by atoms with E-state index in [0.717, 1.165) is 76.5 Å². The highest BCUT2D eigenvalue weighted by Crippen LogP contribution is 2.47. The Hall–Kier alpha value is -8.66. The molecule has 0 N–H and O–H groups in total. The number of hydrogen-bond donors (Lipinski definition) is 0. The number of hydrogen-bond acceptors (Lipinski definition) is 2. The zero-order chi connectivity index (χ0) is 45.9. The van der Waals surface area contributed by atoms with Crippen molar-refractivity contribution in [2.24, 2.45) is 0 Å². The summed E-state index contributed by atoms with van der Waals surface area (Å²) >= 11 is 0. The maximum Gasteiger partial charge on any atom is 0.0541 e. The van der Waals surface area contributed by atoms with Crippen LogP contribution >= 0.6 is 0 Å². The van der Waals surface area contributed by atoms with Gasteiger partial charge in [0.1, 0.15) is 0 Å². The van der Waals surface area contributed by atoms with Gasteiger partial charge in [0, 0.05) is 50.3 Å². The summed E-state index contributed by atoms with van der Waals surface area (Å²) in [6.45, 7) is 0. The summed E-state index contributed by atoms with van der Waals surface area (Å²) in [7, 11) is 0. The highest BCUT2D eigenvalue weighted by atomic mass is 15.2. The minimum Gasteiger partial charge on any atom is -0.310 e. The van der Waals surface area contributed by atoms with Gasteiger partial charge in [0.15, 0.2) is 0 Å². The summed E-state index contributed by atoms with van der Waals surface area (Å²) in [4.78, 5) is 4.88. The Balaban J connectivity index is 1.04. The molecule has 0 amide bonds. The van der Waals surface area contributed by atoms with Crippen molar-refractivity contribution in [3.63, 3.8) is 0 Å². The Morgan fingerprint density at radius 3 is 1.58 bits per heavy atom. The van der Waals surface area contributed by atoms with Gasteiger partial charge in [-0.1, -0.05) is 182 Å². The molecule has 330 valence electrons. The Kier molecular flexibility index (Phi) is 11.2. The number of rotatable bonds is 11. The molecule has 69 heavy (non-hydrogen) atoms. The molecule has 0 unspecified atom stereocenters. The second kappa shape index (κ2) is 18.6. The fourth-order valence-electron chi connectivity index (χ4n) is 10.4. The molecule has 12 rings (SSSR count). The van der Waals surface area contributed by atoms with Gasteiger partial charge in [-0.25, -0.2) is 0 Å². The molecular formula is C66H51N3. The second-order valence-corrected chi connectivity index (χ2v) is 17.9. The van der Waals surface area contributed by atoms with Crippen LogP contribution in [-0.4, -0.2) is 4.57 Å². The van der Waals surface area contributed by atoms with Gasteiger partial charge in [-0.2, -0.15) is 0 Å². The highest BCUT2D eigenvalue weighted by Gasteiger charge is 2.24. The maximum atomic E-state index is 2.45. The van der Waals surface area contributed by atoms with Crippen molar-refractivity contribution in [3.8, 4) is 33.4 Å². The van der Waals surface area contributed by atoms with E-state index in [9.17, 15) is 0 Å². The van der Waals surface area contributed by atoms with Crippen LogP contribution in [0.15, 0.2) is 261 Å². The van der Waals surface area contributed by atoms with E-state index < -0.39 is 0 Å². The van der Waals surface area contributed by atoms with Crippen molar-refractivity contribution in [2.45, 2.75) is 25.7 Å². The molecule has 0 atom stereocenters. The first kappa shape index (κ1) is 41.7. The first-order chi connectivity index (χ1) is 34.2. The number of nitrogens with zero attached hydrogens (tertiary/aromatic N) is 3. The lowest BCUT2D eigenvalue weighted by molar-refractivity contribution is 1.02. The predicted octanol–water partition coefficient (Wildman–Crippen LogP) is 18.7. The van der Waals surface area contributed by atoms with Crippen LogP contribution in [0.3, 0.4) is 0 Å². The summed E-state index contributed by atoms with van der Waals surface area (Å²) in [6, 6.07) is 82.1. The lowest BCUT2D eigenvalue weighted by Crippen LogP contribution is -2.15. The van der Waals surface area contributed by atoms with Gasteiger partial charge >= 0.3 is 0 Å². The molecule has 0 saturated carbocycles. The molecule has 10 aromatic rings. The largest absolute Gasteiger partial charge is 0.310 e. The second-order valence-electron chi connectivity index (χ2n) is 17.9. The summed E-state index contributed by atoms with van der Waals surface area (Å²) < 4.78 is 2.43. The molecule has 3 heteroatoms. The van der Waals surface area contributed by atoms with E-state index in [1.807, 2.05) is 0 Å². The van der Waals surface area contributed by atoms with Gasteiger partial charge in [0.2, 0.25) is 0 Å². The van der Waals surface area contributed by atoms with E-state index in [1.165, 1.54) is 55.3 Å². The smallest absolute Gasteiger partial charge is 0.0541 e. The van der Waals surface area contributed by atoms with Crippen LogP contribution in [0.4, 0.5) is 34.1 Å². The summed E-state index contributed by atoms with van der Waals surface area (Å²) in [5.74, 6) is 0. The molecule has 0 fully saturated rings. The number of anilines is 6. The third kappa shape index (κ3) is 8.09. The average molecular weight is 886 g/mol. The molecular weight excluding hydrogens is 835 g/mol. The fraction of sp³-hybridized carbons (Fsp3) is 0.0606. The highest BCUT2D eigenvalue weighted by molar-refractivity contribution is 6.11. The molecule has 0 radical (unpaired) electrons. The van der Waals surface area contributed by atoms with Crippen LogP contribution in [0.2, 0.25) is 0 Å². The normalized spacial score (nSPS) is 13.3. The lowest BCUT2D eigenvalue weighted by atomic mass is 9.94. The molecule has 2 aliphatic rings. The summed E-state index contributed by atoms with van der Waals surface area (Å²) in [6.07, 6.45) is 17.9. The van der Waals surface area contributed by atoms with E-state index in [1.54, 1.807) is 0 Å². The van der Waals surface area contributed by atoms with E-state index in [0.29, 0.717) is 0 Å². The van der Waals surface area contributed by atoms with Crippen LogP contribution in [0.1, 0.15) is 31.2 Å². The lowest BCUT2D eigenvalue weighted by Gasteiger charge is -2.32. The number of aromatic nitrogens is 1. The Bertz CT molecular complexity index is 3590. The first-order valence-corrected chi connectivity index (χ1v) is 24.2. The molecule has 3 nitrogen and oxygen atoms in total. The molecule has 9 aromatic carbocycles. The van der Waals surface area contributed by atoms with Gasteiger partial charge in [-0.3, -0.25) is 0 Å². The molecule has 0 saturated heterocycles. The van der Waals surface area contributed by atoms with E-state index >= 15 is 0 Å². The minimum absolute atomic E-state index is 0.996. The number of para-hydroxylation sites is 5. The number of fused-ring (bicyclic) bond motifs is 3. The first-order valence-electron chi connectivity index (χ1n) is 24.2. The van der Waals surface area contributed by atoms with Crippen molar-refractivity contribution >= 4 is 67.2 Å². The Morgan fingerprint density at radius 2 is 0.928 bits per heavy atom. The van der Waals surface area contributed by atoms with Crippen molar-refractivity contribution in [1.29, 1.82) is 0 Å². The van der Waals surface area contributed by atoms with Gasteiger partial charge in [-0.15, -0.1) is 0 Å². The number of benzene rings is 9.